The Morgan fingerprint density at radius 1 is 1.21 bits per heavy atom. The number of benzene rings is 1. The predicted octanol–water partition coefficient (Wildman–Crippen LogP) is 2.18. The summed E-state index contributed by atoms with van der Waals surface area (Å²) in [6.45, 7) is 4.55. The van der Waals surface area contributed by atoms with Crippen molar-refractivity contribution < 1.29 is 9.66 Å². The number of hydrogen-bond donors (Lipinski definition) is 2. The molecule has 0 bridgehead atoms. The Morgan fingerprint density at radius 2 is 1.92 bits per heavy atom. The van der Waals surface area contributed by atoms with E-state index < -0.39 is 21.9 Å². The van der Waals surface area contributed by atoms with Crippen molar-refractivity contribution in [3.8, 4) is 5.75 Å². The fraction of sp³-hybridized carbons (Fsp3) is 0.250. The Balaban J connectivity index is 2.41. The SMILES string of the molecule is CC(C)COc1ccccc1/C=C/c1[nH]c(=O)[nH]c(=O)c1[N+](=O)[O-]. The number of nitro groups is 1. The zero-order valence-electron chi connectivity index (χ0n) is 13.2. The molecule has 0 aliphatic rings. The van der Waals surface area contributed by atoms with Crippen LogP contribution in [0.4, 0.5) is 5.69 Å². The lowest BCUT2D eigenvalue weighted by atomic mass is 10.1. The summed E-state index contributed by atoms with van der Waals surface area (Å²) in [4.78, 5) is 37.2. The summed E-state index contributed by atoms with van der Waals surface area (Å²) in [6.07, 6.45) is 2.86. The van der Waals surface area contributed by atoms with Crippen molar-refractivity contribution in [2.75, 3.05) is 6.61 Å². The molecule has 0 unspecified atom stereocenters. The van der Waals surface area contributed by atoms with Gasteiger partial charge in [0.2, 0.25) is 0 Å². The van der Waals surface area contributed by atoms with Crippen LogP contribution in [0.15, 0.2) is 33.9 Å². The highest BCUT2D eigenvalue weighted by atomic mass is 16.6. The van der Waals surface area contributed by atoms with Crippen LogP contribution in [0.1, 0.15) is 25.1 Å². The maximum atomic E-state index is 11.6. The van der Waals surface area contributed by atoms with E-state index in [9.17, 15) is 19.7 Å². The van der Waals surface area contributed by atoms with Crippen LogP contribution < -0.4 is 16.0 Å². The van der Waals surface area contributed by atoms with E-state index in [2.05, 4.69) is 4.98 Å². The van der Waals surface area contributed by atoms with E-state index in [1.165, 1.54) is 6.08 Å². The minimum absolute atomic E-state index is 0.174. The second-order valence-electron chi connectivity index (χ2n) is 5.50. The molecule has 0 aliphatic heterocycles. The second kappa shape index (κ2) is 7.40. The van der Waals surface area contributed by atoms with Crippen LogP contribution in [-0.2, 0) is 0 Å². The van der Waals surface area contributed by atoms with Crippen molar-refractivity contribution in [2.24, 2.45) is 5.92 Å². The summed E-state index contributed by atoms with van der Waals surface area (Å²) in [5, 5.41) is 11.0. The standard InChI is InChI=1S/C16H17N3O5/c1-10(2)9-24-13-6-4-3-5-11(13)7-8-12-14(19(22)23)15(20)18-16(21)17-12/h3-8,10H,9H2,1-2H3,(H2,17,18,20,21)/b8-7+. The molecule has 0 radical (unpaired) electrons. The summed E-state index contributed by atoms with van der Waals surface area (Å²) in [5.41, 5.74) is -2.07. The van der Waals surface area contributed by atoms with Crippen LogP contribution in [-0.4, -0.2) is 21.5 Å². The molecule has 1 aromatic heterocycles. The number of hydrogen-bond acceptors (Lipinski definition) is 5. The molecule has 1 aromatic carbocycles. The lowest BCUT2D eigenvalue weighted by molar-refractivity contribution is -0.386. The smallest absolute Gasteiger partial charge is 0.357 e. The summed E-state index contributed by atoms with van der Waals surface area (Å²) in [6, 6.07) is 7.14. The minimum Gasteiger partial charge on any atom is -0.493 e. The van der Waals surface area contributed by atoms with E-state index in [0.29, 0.717) is 23.8 Å². The molecule has 0 spiro atoms. The zero-order chi connectivity index (χ0) is 17.7. The monoisotopic (exact) mass is 331 g/mol. The molecular weight excluding hydrogens is 314 g/mol. The third-order valence-electron chi connectivity index (χ3n) is 3.05. The minimum atomic E-state index is -1.05. The van der Waals surface area contributed by atoms with Crippen molar-refractivity contribution in [3.63, 3.8) is 0 Å². The summed E-state index contributed by atoms with van der Waals surface area (Å²) >= 11 is 0. The van der Waals surface area contributed by atoms with Crippen LogP contribution in [0.3, 0.4) is 0 Å². The Kier molecular flexibility index (Phi) is 5.31. The Labute approximate surface area is 137 Å². The van der Waals surface area contributed by atoms with E-state index >= 15 is 0 Å². The second-order valence-corrected chi connectivity index (χ2v) is 5.50. The van der Waals surface area contributed by atoms with Crippen LogP contribution in [0.2, 0.25) is 0 Å². The number of aromatic amines is 2. The first-order chi connectivity index (χ1) is 11.4. The first kappa shape index (κ1) is 17.2. The molecular formula is C16H17N3O5. The lowest BCUT2D eigenvalue weighted by Crippen LogP contribution is -2.25. The van der Waals surface area contributed by atoms with Crippen molar-refractivity contribution in [1.82, 2.24) is 9.97 Å². The molecule has 1 heterocycles. The summed E-state index contributed by atoms with van der Waals surface area (Å²) in [7, 11) is 0. The molecule has 0 atom stereocenters. The highest BCUT2D eigenvalue weighted by Gasteiger charge is 2.18. The quantitative estimate of drug-likeness (QED) is 0.621. The predicted molar refractivity (Wildman–Crippen MR) is 90.0 cm³/mol. The van der Waals surface area contributed by atoms with Gasteiger partial charge in [0.1, 0.15) is 11.4 Å². The number of nitrogens with one attached hydrogen (secondary N) is 2. The maximum Gasteiger partial charge on any atom is 0.357 e. The van der Waals surface area contributed by atoms with Crippen molar-refractivity contribution in [2.45, 2.75) is 13.8 Å². The molecule has 24 heavy (non-hydrogen) atoms. The van der Waals surface area contributed by atoms with Gasteiger partial charge in [-0.15, -0.1) is 0 Å². The van der Waals surface area contributed by atoms with Gasteiger partial charge in [-0.05, 0) is 24.1 Å². The number of ether oxygens (including phenoxy) is 1. The molecule has 2 aromatic rings. The molecule has 8 nitrogen and oxygen atoms in total. The first-order valence-corrected chi connectivity index (χ1v) is 7.29. The van der Waals surface area contributed by atoms with E-state index in [0.717, 1.165) is 0 Å². The number of nitrogens with zero attached hydrogens (tertiary/aromatic N) is 1. The molecule has 2 N–H and O–H groups in total. The zero-order valence-corrected chi connectivity index (χ0v) is 13.2. The highest BCUT2D eigenvalue weighted by Crippen LogP contribution is 2.22. The van der Waals surface area contributed by atoms with E-state index in [4.69, 9.17) is 4.74 Å². The third kappa shape index (κ3) is 4.19. The summed E-state index contributed by atoms with van der Waals surface area (Å²) < 4.78 is 5.69. The fourth-order valence-corrected chi connectivity index (χ4v) is 1.98. The van der Waals surface area contributed by atoms with Gasteiger partial charge in [0, 0.05) is 5.56 Å². The van der Waals surface area contributed by atoms with Gasteiger partial charge in [-0.2, -0.15) is 0 Å². The van der Waals surface area contributed by atoms with E-state index in [-0.39, 0.29) is 5.69 Å². The molecule has 0 aliphatic carbocycles. The van der Waals surface area contributed by atoms with Crippen LogP contribution in [0, 0.1) is 16.0 Å². The topological polar surface area (TPSA) is 118 Å². The molecule has 126 valence electrons. The van der Waals surface area contributed by atoms with Gasteiger partial charge in [-0.1, -0.05) is 32.0 Å². The molecule has 2 rings (SSSR count). The average molecular weight is 331 g/mol. The highest BCUT2D eigenvalue weighted by molar-refractivity contribution is 5.74. The van der Waals surface area contributed by atoms with Gasteiger partial charge in [-0.3, -0.25) is 19.9 Å². The van der Waals surface area contributed by atoms with Crippen LogP contribution in [0.25, 0.3) is 12.2 Å². The maximum absolute atomic E-state index is 11.6. The van der Waals surface area contributed by atoms with Crippen molar-refractivity contribution in [1.29, 1.82) is 0 Å². The van der Waals surface area contributed by atoms with Gasteiger partial charge in [0.25, 0.3) is 0 Å². The van der Waals surface area contributed by atoms with Crippen LogP contribution >= 0.6 is 0 Å². The molecule has 0 saturated carbocycles. The normalized spacial score (nSPS) is 11.1. The van der Waals surface area contributed by atoms with Crippen LogP contribution in [0.5, 0.6) is 5.75 Å². The molecule has 0 fully saturated rings. The molecule has 8 heteroatoms. The first-order valence-electron chi connectivity index (χ1n) is 7.29. The van der Waals surface area contributed by atoms with Gasteiger partial charge in [-0.25, -0.2) is 4.79 Å². The van der Waals surface area contributed by atoms with E-state index in [1.54, 1.807) is 24.3 Å². The van der Waals surface area contributed by atoms with Gasteiger partial charge in [0.15, 0.2) is 0 Å². The van der Waals surface area contributed by atoms with Gasteiger partial charge < -0.3 is 9.72 Å². The summed E-state index contributed by atoms with van der Waals surface area (Å²) in [5.74, 6) is 0.949. The van der Waals surface area contributed by atoms with Crippen molar-refractivity contribution in [3.05, 3.63) is 66.5 Å². The van der Waals surface area contributed by atoms with Gasteiger partial charge >= 0.3 is 16.9 Å². The van der Waals surface area contributed by atoms with Gasteiger partial charge in [0.05, 0.1) is 11.5 Å². The Bertz CT molecular complexity index is 880. The number of aromatic nitrogens is 2. The fourth-order valence-electron chi connectivity index (χ4n) is 1.98. The van der Waals surface area contributed by atoms with Crippen molar-refractivity contribution >= 4 is 17.8 Å². The Hall–Kier alpha value is -3.16. The lowest BCUT2D eigenvalue weighted by Gasteiger charge is -2.10. The largest absolute Gasteiger partial charge is 0.493 e. The number of rotatable bonds is 6. The average Bonchev–Trinajstić information content (AvgIpc) is 2.50. The number of para-hydroxylation sites is 1. The third-order valence-corrected chi connectivity index (χ3v) is 3.05. The molecule has 0 amide bonds. The molecule has 0 saturated heterocycles. The Morgan fingerprint density at radius 3 is 2.58 bits per heavy atom. The van der Waals surface area contributed by atoms with E-state index in [1.807, 2.05) is 24.9 Å². The number of H-pyrrole nitrogens is 2.